The van der Waals surface area contributed by atoms with E-state index in [2.05, 4.69) is 25.2 Å². The predicted molar refractivity (Wildman–Crippen MR) is 89.5 cm³/mol. The highest BCUT2D eigenvalue weighted by atomic mass is 32.1. The Hall–Kier alpha value is -2.55. The first-order valence-corrected chi connectivity index (χ1v) is 8.56. The van der Waals surface area contributed by atoms with E-state index in [1.807, 2.05) is 0 Å². The molecule has 0 aliphatic carbocycles. The Bertz CT molecular complexity index is 742. The Kier molecular flexibility index (Phi) is 4.99. The van der Waals surface area contributed by atoms with Crippen LogP contribution in [0.4, 0.5) is 10.9 Å². The fraction of sp³-hybridized carbons (Fsp3) is 0.400. The van der Waals surface area contributed by atoms with Gasteiger partial charge in [0.2, 0.25) is 0 Å². The van der Waals surface area contributed by atoms with E-state index in [0.29, 0.717) is 5.13 Å². The first-order valence-electron chi connectivity index (χ1n) is 7.68. The molecule has 0 unspecified atom stereocenters. The molecule has 2 aromatic heterocycles. The largest absolute Gasteiger partial charge is 0.461 e. The van der Waals surface area contributed by atoms with E-state index in [9.17, 15) is 9.59 Å². The van der Waals surface area contributed by atoms with Gasteiger partial charge in [0.25, 0.3) is 5.91 Å². The zero-order valence-corrected chi connectivity index (χ0v) is 14.0. The Morgan fingerprint density at radius 3 is 2.83 bits per heavy atom. The van der Waals surface area contributed by atoms with Crippen molar-refractivity contribution in [3.63, 3.8) is 0 Å². The summed E-state index contributed by atoms with van der Waals surface area (Å²) in [6.07, 6.45) is 3.64. The van der Waals surface area contributed by atoms with Gasteiger partial charge < -0.3 is 9.64 Å². The average molecular weight is 347 g/mol. The van der Waals surface area contributed by atoms with Gasteiger partial charge in [0.15, 0.2) is 10.8 Å². The monoisotopic (exact) mass is 347 g/mol. The summed E-state index contributed by atoms with van der Waals surface area (Å²) in [6.45, 7) is 3.87. The molecule has 1 fully saturated rings. The maximum Gasteiger partial charge on any atom is 0.357 e. The van der Waals surface area contributed by atoms with Gasteiger partial charge in [0.05, 0.1) is 6.61 Å². The second kappa shape index (κ2) is 7.35. The minimum Gasteiger partial charge on any atom is -0.461 e. The second-order valence-electron chi connectivity index (χ2n) is 5.17. The third kappa shape index (κ3) is 3.67. The maximum absolute atomic E-state index is 12.3. The van der Waals surface area contributed by atoms with Crippen LogP contribution in [-0.2, 0) is 4.74 Å². The zero-order chi connectivity index (χ0) is 16.9. The summed E-state index contributed by atoms with van der Waals surface area (Å²) < 4.78 is 4.87. The summed E-state index contributed by atoms with van der Waals surface area (Å²) in [7, 11) is 0. The van der Waals surface area contributed by atoms with Gasteiger partial charge in [-0.3, -0.25) is 10.1 Å². The van der Waals surface area contributed by atoms with Crippen molar-refractivity contribution in [2.24, 2.45) is 0 Å². The Morgan fingerprint density at radius 1 is 1.29 bits per heavy atom. The molecule has 1 N–H and O–H groups in total. The lowest BCUT2D eigenvalue weighted by Gasteiger charge is -2.16. The van der Waals surface area contributed by atoms with E-state index in [1.54, 1.807) is 18.4 Å². The normalized spacial score (nSPS) is 13.8. The number of aromatic nitrogens is 3. The number of amides is 1. The molecule has 1 saturated heterocycles. The molecule has 126 valence electrons. The van der Waals surface area contributed by atoms with Crippen molar-refractivity contribution in [1.29, 1.82) is 0 Å². The average Bonchev–Trinajstić information content (AvgIpc) is 3.27. The van der Waals surface area contributed by atoms with Crippen molar-refractivity contribution in [2.75, 3.05) is 29.9 Å². The highest BCUT2D eigenvalue weighted by molar-refractivity contribution is 7.14. The van der Waals surface area contributed by atoms with Gasteiger partial charge in [0, 0.05) is 24.5 Å². The minimum absolute atomic E-state index is 0.178. The van der Waals surface area contributed by atoms with Gasteiger partial charge in [-0.05, 0) is 19.8 Å². The minimum atomic E-state index is -0.507. The van der Waals surface area contributed by atoms with E-state index in [0.717, 1.165) is 43.1 Å². The van der Waals surface area contributed by atoms with Crippen LogP contribution in [0.15, 0.2) is 17.8 Å². The summed E-state index contributed by atoms with van der Waals surface area (Å²) >= 11 is 1.16. The summed E-state index contributed by atoms with van der Waals surface area (Å²) in [4.78, 5) is 38.3. The lowest BCUT2D eigenvalue weighted by molar-refractivity contribution is 0.0520. The van der Waals surface area contributed by atoms with Crippen molar-refractivity contribution < 1.29 is 14.3 Å². The van der Waals surface area contributed by atoms with Crippen LogP contribution in [0.2, 0.25) is 0 Å². The van der Waals surface area contributed by atoms with Crippen molar-refractivity contribution in [3.8, 4) is 0 Å². The lowest BCUT2D eigenvalue weighted by atomic mass is 10.3. The number of anilines is 2. The highest BCUT2D eigenvalue weighted by Crippen LogP contribution is 2.19. The number of nitrogens with one attached hydrogen (secondary N) is 1. The third-order valence-corrected chi connectivity index (χ3v) is 4.28. The molecule has 24 heavy (non-hydrogen) atoms. The quantitative estimate of drug-likeness (QED) is 0.826. The lowest BCUT2D eigenvalue weighted by Crippen LogP contribution is -2.21. The van der Waals surface area contributed by atoms with Crippen LogP contribution >= 0.6 is 11.3 Å². The van der Waals surface area contributed by atoms with Crippen LogP contribution in [0.1, 0.15) is 40.7 Å². The van der Waals surface area contributed by atoms with Crippen LogP contribution in [0.25, 0.3) is 0 Å². The Balaban J connectivity index is 1.68. The van der Waals surface area contributed by atoms with E-state index in [-0.39, 0.29) is 23.9 Å². The standard InChI is InChI=1S/C15H17N5O3S/c1-2-23-14(22)11-8-24-15(18-11)19-13(21)10-7-12(17-9-16-10)20-5-3-4-6-20/h7-9H,2-6H2,1H3,(H,18,19,21). The second-order valence-corrected chi connectivity index (χ2v) is 6.03. The molecular weight excluding hydrogens is 330 g/mol. The first-order chi connectivity index (χ1) is 11.7. The van der Waals surface area contributed by atoms with Crippen molar-refractivity contribution in [1.82, 2.24) is 15.0 Å². The van der Waals surface area contributed by atoms with Gasteiger partial charge in [0.1, 0.15) is 17.8 Å². The number of ether oxygens (including phenoxy) is 1. The van der Waals surface area contributed by atoms with Crippen molar-refractivity contribution in [2.45, 2.75) is 19.8 Å². The number of rotatable bonds is 5. The van der Waals surface area contributed by atoms with Gasteiger partial charge in [-0.2, -0.15) is 0 Å². The maximum atomic E-state index is 12.3. The summed E-state index contributed by atoms with van der Waals surface area (Å²) in [6, 6.07) is 1.67. The number of esters is 1. The molecule has 0 spiro atoms. The van der Waals surface area contributed by atoms with Crippen LogP contribution in [-0.4, -0.2) is 46.5 Å². The van der Waals surface area contributed by atoms with Gasteiger partial charge in [-0.1, -0.05) is 0 Å². The number of hydrogen-bond donors (Lipinski definition) is 1. The third-order valence-electron chi connectivity index (χ3n) is 3.52. The number of thiazole rings is 1. The van der Waals surface area contributed by atoms with Crippen LogP contribution in [0, 0.1) is 0 Å². The van der Waals surface area contributed by atoms with Gasteiger partial charge in [-0.25, -0.2) is 19.7 Å². The molecule has 9 heteroatoms. The number of nitrogens with zero attached hydrogens (tertiary/aromatic N) is 4. The fourth-order valence-corrected chi connectivity index (χ4v) is 3.06. The van der Waals surface area contributed by atoms with E-state index in [4.69, 9.17) is 4.74 Å². The SMILES string of the molecule is CCOC(=O)c1csc(NC(=O)c2cc(N3CCCC3)ncn2)n1. The first kappa shape index (κ1) is 16.3. The molecular formula is C15H17N5O3S. The summed E-state index contributed by atoms with van der Waals surface area (Å²) in [5, 5.41) is 4.51. The summed E-state index contributed by atoms with van der Waals surface area (Å²) in [5.41, 5.74) is 0.442. The summed E-state index contributed by atoms with van der Waals surface area (Å²) in [5.74, 6) is -0.144. The molecule has 0 saturated carbocycles. The van der Waals surface area contributed by atoms with Crippen LogP contribution in [0.5, 0.6) is 0 Å². The highest BCUT2D eigenvalue weighted by Gasteiger charge is 2.18. The molecule has 0 radical (unpaired) electrons. The topological polar surface area (TPSA) is 97.3 Å². The fourth-order valence-electron chi connectivity index (χ4n) is 2.38. The van der Waals surface area contributed by atoms with E-state index in [1.165, 1.54) is 6.33 Å². The smallest absolute Gasteiger partial charge is 0.357 e. The molecule has 1 amide bonds. The van der Waals surface area contributed by atoms with E-state index >= 15 is 0 Å². The van der Waals surface area contributed by atoms with E-state index < -0.39 is 5.97 Å². The number of hydrogen-bond acceptors (Lipinski definition) is 8. The molecule has 0 aromatic carbocycles. The molecule has 1 aliphatic rings. The Morgan fingerprint density at radius 2 is 2.08 bits per heavy atom. The number of carbonyl (C=O) groups excluding carboxylic acids is 2. The predicted octanol–water partition coefficient (Wildman–Crippen LogP) is 1.96. The molecule has 1 aliphatic heterocycles. The zero-order valence-electron chi connectivity index (χ0n) is 13.2. The molecule has 8 nitrogen and oxygen atoms in total. The van der Waals surface area contributed by atoms with Crippen molar-refractivity contribution >= 4 is 34.2 Å². The van der Waals surface area contributed by atoms with Gasteiger partial charge >= 0.3 is 5.97 Å². The molecule has 3 rings (SSSR count). The Labute approximate surface area is 142 Å². The van der Waals surface area contributed by atoms with Crippen LogP contribution < -0.4 is 10.2 Å². The molecule has 2 aromatic rings. The van der Waals surface area contributed by atoms with Crippen molar-refractivity contribution in [3.05, 3.63) is 29.2 Å². The molecule has 0 bridgehead atoms. The number of carbonyl (C=O) groups is 2. The molecule has 0 atom stereocenters. The molecule has 3 heterocycles. The van der Waals surface area contributed by atoms with Gasteiger partial charge in [-0.15, -0.1) is 11.3 Å². The van der Waals surface area contributed by atoms with Crippen LogP contribution in [0.3, 0.4) is 0 Å².